The predicted octanol–water partition coefficient (Wildman–Crippen LogP) is 1.15. The van der Waals surface area contributed by atoms with Gasteiger partial charge in [-0.25, -0.2) is 17.5 Å². The lowest BCUT2D eigenvalue weighted by Gasteiger charge is -2.11. The molecule has 0 radical (unpaired) electrons. The third kappa shape index (κ3) is 3.74. The van der Waals surface area contributed by atoms with E-state index >= 15 is 0 Å². The minimum Gasteiger partial charge on any atom is -0.314 e. The highest BCUT2D eigenvalue weighted by atomic mass is 32.2. The average Bonchev–Trinajstić information content (AvgIpc) is 2.91. The molecule has 0 saturated carbocycles. The fourth-order valence-electron chi connectivity index (χ4n) is 2.35. The predicted molar refractivity (Wildman–Crippen MR) is 73.9 cm³/mol. The van der Waals surface area contributed by atoms with Gasteiger partial charge in [-0.15, -0.1) is 0 Å². The maximum absolute atomic E-state index is 13.7. The minimum absolute atomic E-state index is 0.103. The largest absolute Gasteiger partial charge is 0.314 e. The quantitative estimate of drug-likeness (QED) is 0.605. The normalized spacial score (nSPS) is 18.8. The summed E-state index contributed by atoms with van der Waals surface area (Å²) < 4.78 is 40.1. The number of nitrogens with one attached hydrogen (secondary N) is 2. The van der Waals surface area contributed by atoms with Crippen LogP contribution < -0.4 is 10.0 Å². The van der Waals surface area contributed by atoms with Crippen molar-refractivity contribution in [2.24, 2.45) is 0 Å². The summed E-state index contributed by atoms with van der Waals surface area (Å²) in [7, 11) is -4.25. The fraction of sp³-hybridized carbons (Fsp3) is 0.500. The maximum atomic E-state index is 13.7. The van der Waals surface area contributed by atoms with Crippen molar-refractivity contribution in [3.05, 3.63) is 34.1 Å². The molecule has 0 aromatic heterocycles. The molecule has 7 nitrogen and oxygen atoms in total. The van der Waals surface area contributed by atoms with Crippen LogP contribution in [0.5, 0.6) is 0 Å². The van der Waals surface area contributed by atoms with Crippen LogP contribution in [-0.4, -0.2) is 32.5 Å². The molecular formula is C12H16FN3O4S. The van der Waals surface area contributed by atoms with Crippen LogP contribution in [-0.2, 0) is 10.0 Å². The zero-order valence-corrected chi connectivity index (χ0v) is 12.0. The first-order valence-corrected chi connectivity index (χ1v) is 8.06. The lowest BCUT2D eigenvalue weighted by molar-refractivity contribution is -0.388. The first kappa shape index (κ1) is 15.8. The van der Waals surface area contributed by atoms with E-state index in [2.05, 4.69) is 10.0 Å². The number of benzene rings is 1. The zero-order valence-electron chi connectivity index (χ0n) is 11.2. The Morgan fingerprint density at radius 1 is 1.48 bits per heavy atom. The molecule has 1 aromatic carbocycles. The molecule has 0 unspecified atom stereocenters. The van der Waals surface area contributed by atoms with Gasteiger partial charge in [-0.2, -0.15) is 0 Å². The molecule has 1 aliphatic heterocycles. The molecule has 21 heavy (non-hydrogen) atoms. The van der Waals surface area contributed by atoms with Crippen LogP contribution in [0.15, 0.2) is 23.1 Å². The summed E-state index contributed by atoms with van der Waals surface area (Å²) in [6.07, 6.45) is 2.55. The van der Waals surface area contributed by atoms with E-state index in [4.69, 9.17) is 0 Å². The molecule has 0 aliphatic carbocycles. The van der Waals surface area contributed by atoms with E-state index in [1.54, 1.807) is 0 Å². The van der Waals surface area contributed by atoms with Crippen LogP contribution in [0.1, 0.15) is 19.3 Å². The number of rotatable bonds is 6. The van der Waals surface area contributed by atoms with Crippen LogP contribution in [0.2, 0.25) is 0 Å². The Bertz CT molecular complexity index is 629. The Morgan fingerprint density at radius 3 is 2.86 bits per heavy atom. The van der Waals surface area contributed by atoms with Crippen LogP contribution in [0.25, 0.3) is 0 Å². The Morgan fingerprint density at radius 2 is 2.24 bits per heavy atom. The number of halogens is 1. The maximum Gasteiger partial charge on any atom is 0.292 e. The first-order valence-electron chi connectivity index (χ1n) is 6.58. The molecule has 1 heterocycles. The highest BCUT2D eigenvalue weighted by Crippen LogP contribution is 2.26. The number of hydrogen-bond donors (Lipinski definition) is 2. The molecule has 1 saturated heterocycles. The Labute approximate surface area is 121 Å². The molecule has 2 N–H and O–H groups in total. The minimum atomic E-state index is -4.25. The van der Waals surface area contributed by atoms with Gasteiger partial charge in [0.05, 0.1) is 4.92 Å². The third-order valence-electron chi connectivity index (χ3n) is 3.36. The van der Waals surface area contributed by atoms with Crippen LogP contribution in [0.4, 0.5) is 10.1 Å². The van der Waals surface area contributed by atoms with Crippen molar-refractivity contribution in [3.63, 3.8) is 0 Å². The van der Waals surface area contributed by atoms with Gasteiger partial charge in [0.2, 0.25) is 10.0 Å². The molecule has 1 aromatic rings. The van der Waals surface area contributed by atoms with E-state index in [1.165, 1.54) is 0 Å². The van der Waals surface area contributed by atoms with E-state index in [-0.39, 0.29) is 12.6 Å². The monoisotopic (exact) mass is 317 g/mol. The summed E-state index contributed by atoms with van der Waals surface area (Å²) in [5, 5.41) is 14.0. The van der Waals surface area contributed by atoms with Gasteiger partial charge in [0.1, 0.15) is 5.82 Å². The SMILES string of the molecule is O=[N+]([O-])c1cccc(F)c1S(=O)(=O)NCC[C@H]1CCCN1. The molecule has 1 aliphatic rings. The van der Waals surface area contributed by atoms with Gasteiger partial charge in [0.25, 0.3) is 5.69 Å². The number of nitro groups is 1. The van der Waals surface area contributed by atoms with Crippen molar-refractivity contribution in [2.75, 3.05) is 13.1 Å². The summed E-state index contributed by atoms with van der Waals surface area (Å²) in [4.78, 5) is 9.03. The molecule has 9 heteroatoms. The van der Waals surface area contributed by atoms with Gasteiger partial charge >= 0.3 is 0 Å². The van der Waals surface area contributed by atoms with E-state index in [9.17, 15) is 22.9 Å². The number of hydrogen-bond acceptors (Lipinski definition) is 5. The van der Waals surface area contributed by atoms with Crippen molar-refractivity contribution in [1.82, 2.24) is 10.0 Å². The van der Waals surface area contributed by atoms with Crippen LogP contribution in [0, 0.1) is 15.9 Å². The molecule has 0 bridgehead atoms. The Hall–Kier alpha value is -1.58. The second-order valence-electron chi connectivity index (χ2n) is 4.82. The van der Waals surface area contributed by atoms with Gasteiger partial charge < -0.3 is 5.32 Å². The van der Waals surface area contributed by atoms with Gasteiger partial charge in [0.15, 0.2) is 4.90 Å². The fourth-order valence-corrected chi connectivity index (χ4v) is 3.62. The lowest BCUT2D eigenvalue weighted by Crippen LogP contribution is -2.31. The Balaban J connectivity index is 2.13. The van der Waals surface area contributed by atoms with Gasteiger partial charge in [-0.05, 0) is 31.9 Å². The standard InChI is InChI=1S/C12H16FN3O4S/c13-10-4-1-5-11(16(17)18)12(10)21(19,20)15-8-6-9-3-2-7-14-9/h1,4-5,9,14-15H,2-3,6-8H2/t9-/m1/s1. The molecule has 0 amide bonds. The van der Waals surface area contributed by atoms with Gasteiger partial charge in [0, 0.05) is 18.7 Å². The van der Waals surface area contributed by atoms with Crippen molar-refractivity contribution >= 4 is 15.7 Å². The first-order chi connectivity index (χ1) is 9.92. The molecule has 0 spiro atoms. The van der Waals surface area contributed by atoms with E-state index < -0.39 is 31.3 Å². The summed E-state index contributed by atoms with van der Waals surface area (Å²) >= 11 is 0. The topological polar surface area (TPSA) is 101 Å². The Kier molecular flexibility index (Phi) is 4.86. The summed E-state index contributed by atoms with van der Waals surface area (Å²) in [6.45, 7) is 1.00. The number of sulfonamides is 1. The number of nitro benzene ring substituents is 1. The van der Waals surface area contributed by atoms with Crippen LogP contribution in [0.3, 0.4) is 0 Å². The smallest absolute Gasteiger partial charge is 0.292 e. The second kappa shape index (κ2) is 6.46. The highest BCUT2D eigenvalue weighted by molar-refractivity contribution is 7.89. The summed E-state index contributed by atoms with van der Waals surface area (Å²) in [6, 6.07) is 3.19. The van der Waals surface area contributed by atoms with Crippen molar-refractivity contribution in [3.8, 4) is 0 Å². The van der Waals surface area contributed by atoms with E-state index in [0.717, 1.165) is 37.6 Å². The highest BCUT2D eigenvalue weighted by Gasteiger charge is 2.29. The second-order valence-corrected chi connectivity index (χ2v) is 6.53. The van der Waals surface area contributed by atoms with Crippen molar-refractivity contribution in [1.29, 1.82) is 0 Å². The third-order valence-corrected chi connectivity index (χ3v) is 4.88. The molecule has 2 rings (SSSR count). The summed E-state index contributed by atoms with van der Waals surface area (Å²) in [5.41, 5.74) is -0.763. The van der Waals surface area contributed by atoms with Crippen molar-refractivity contribution in [2.45, 2.75) is 30.2 Å². The molecule has 116 valence electrons. The summed E-state index contributed by atoms with van der Waals surface area (Å²) in [5.74, 6) is -1.13. The van der Waals surface area contributed by atoms with Gasteiger partial charge in [-0.3, -0.25) is 10.1 Å². The van der Waals surface area contributed by atoms with E-state index in [1.807, 2.05) is 0 Å². The number of nitrogens with zero attached hydrogens (tertiary/aromatic N) is 1. The molecular weight excluding hydrogens is 301 g/mol. The van der Waals surface area contributed by atoms with Crippen LogP contribution >= 0.6 is 0 Å². The average molecular weight is 317 g/mol. The molecule has 1 atom stereocenters. The molecule has 1 fully saturated rings. The zero-order chi connectivity index (χ0) is 15.5. The van der Waals surface area contributed by atoms with E-state index in [0.29, 0.717) is 6.42 Å². The lowest BCUT2D eigenvalue weighted by atomic mass is 10.2. The van der Waals surface area contributed by atoms with Crippen molar-refractivity contribution < 1.29 is 17.7 Å². The van der Waals surface area contributed by atoms with Gasteiger partial charge in [-0.1, -0.05) is 6.07 Å².